The highest BCUT2D eigenvalue weighted by Gasteiger charge is 2.20. The fourth-order valence-electron chi connectivity index (χ4n) is 2.33. The zero-order chi connectivity index (χ0) is 14.7. The van der Waals surface area contributed by atoms with Crippen LogP contribution in [0.3, 0.4) is 0 Å². The van der Waals surface area contributed by atoms with Crippen molar-refractivity contribution in [3.63, 3.8) is 0 Å². The van der Waals surface area contributed by atoms with E-state index >= 15 is 0 Å². The Morgan fingerprint density at radius 1 is 1.20 bits per heavy atom. The highest BCUT2D eigenvalue weighted by molar-refractivity contribution is 5.98. The highest BCUT2D eigenvalue weighted by Crippen LogP contribution is 2.31. The number of carbonyl (C=O) groups is 1. The van der Waals surface area contributed by atoms with Crippen LogP contribution in [-0.4, -0.2) is 26.7 Å². The zero-order valence-electron chi connectivity index (χ0n) is 12.1. The molecule has 0 saturated carbocycles. The van der Waals surface area contributed by atoms with Gasteiger partial charge in [0.2, 0.25) is 0 Å². The van der Waals surface area contributed by atoms with Crippen molar-refractivity contribution in [2.75, 3.05) is 25.6 Å². The predicted octanol–water partition coefficient (Wildman–Crippen LogP) is 2.47. The first kappa shape index (κ1) is 14.3. The van der Waals surface area contributed by atoms with Crippen LogP contribution in [0.15, 0.2) is 36.4 Å². The van der Waals surface area contributed by atoms with Crippen molar-refractivity contribution in [3.05, 3.63) is 42.0 Å². The van der Waals surface area contributed by atoms with Crippen LogP contribution in [0, 0.1) is 0 Å². The number of benzene rings is 2. The standard InChI is InChI=1S/C16H20N2O2/c1-4-20-16(19)15(17)13-9-10-14(18(2)3)12-8-6-5-7-11(12)13/h5-10,15H,4,17H2,1-3H3/t15-/m0/s1. The third kappa shape index (κ3) is 2.60. The summed E-state index contributed by atoms with van der Waals surface area (Å²) in [4.78, 5) is 13.9. The molecule has 0 saturated heterocycles. The summed E-state index contributed by atoms with van der Waals surface area (Å²) in [5.41, 5.74) is 7.92. The van der Waals surface area contributed by atoms with E-state index in [1.807, 2.05) is 55.4 Å². The van der Waals surface area contributed by atoms with E-state index < -0.39 is 12.0 Å². The van der Waals surface area contributed by atoms with E-state index in [2.05, 4.69) is 0 Å². The first-order valence-corrected chi connectivity index (χ1v) is 6.67. The lowest BCUT2D eigenvalue weighted by atomic mass is 9.97. The Balaban J connectivity index is 2.56. The van der Waals surface area contributed by atoms with E-state index in [1.165, 1.54) is 0 Å². The summed E-state index contributed by atoms with van der Waals surface area (Å²) < 4.78 is 5.01. The lowest BCUT2D eigenvalue weighted by Crippen LogP contribution is -2.24. The number of nitrogens with two attached hydrogens (primary N) is 1. The van der Waals surface area contributed by atoms with Crippen LogP contribution in [0.2, 0.25) is 0 Å². The molecule has 2 N–H and O–H groups in total. The number of nitrogens with zero attached hydrogens (tertiary/aromatic N) is 1. The summed E-state index contributed by atoms with van der Waals surface area (Å²) in [6, 6.07) is 11.1. The Morgan fingerprint density at radius 2 is 1.85 bits per heavy atom. The minimum Gasteiger partial charge on any atom is -0.465 e. The molecule has 2 aromatic carbocycles. The Bertz CT molecular complexity index is 623. The monoisotopic (exact) mass is 272 g/mol. The predicted molar refractivity (Wildman–Crippen MR) is 81.8 cm³/mol. The van der Waals surface area contributed by atoms with Crippen LogP contribution < -0.4 is 10.6 Å². The van der Waals surface area contributed by atoms with Crippen molar-refractivity contribution in [2.45, 2.75) is 13.0 Å². The van der Waals surface area contributed by atoms with Gasteiger partial charge in [-0.05, 0) is 23.9 Å². The van der Waals surface area contributed by atoms with E-state index in [9.17, 15) is 4.79 Å². The van der Waals surface area contributed by atoms with Gasteiger partial charge in [0.05, 0.1) is 6.61 Å². The van der Waals surface area contributed by atoms with Crippen LogP contribution in [0.4, 0.5) is 5.69 Å². The molecule has 0 aliphatic rings. The largest absolute Gasteiger partial charge is 0.465 e. The molecule has 0 heterocycles. The molecule has 4 nitrogen and oxygen atoms in total. The molecular formula is C16H20N2O2. The smallest absolute Gasteiger partial charge is 0.327 e. The SMILES string of the molecule is CCOC(=O)[C@@H](N)c1ccc(N(C)C)c2ccccc12. The molecule has 106 valence electrons. The molecule has 2 aromatic rings. The van der Waals surface area contributed by atoms with Gasteiger partial charge < -0.3 is 15.4 Å². The maximum Gasteiger partial charge on any atom is 0.327 e. The molecule has 20 heavy (non-hydrogen) atoms. The van der Waals surface area contributed by atoms with Crippen molar-refractivity contribution in [1.29, 1.82) is 0 Å². The normalized spacial score (nSPS) is 12.2. The number of rotatable bonds is 4. The molecule has 0 fully saturated rings. The molecule has 4 heteroatoms. The molecule has 0 aromatic heterocycles. The summed E-state index contributed by atoms with van der Waals surface area (Å²) in [5.74, 6) is -0.393. The van der Waals surface area contributed by atoms with Crippen molar-refractivity contribution >= 4 is 22.4 Å². The molecule has 0 aliphatic heterocycles. The number of hydrogen-bond donors (Lipinski definition) is 1. The number of esters is 1. The maximum atomic E-state index is 11.8. The highest BCUT2D eigenvalue weighted by atomic mass is 16.5. The number of anilines is 1. The van der Waals surface area contributed by atoms with Gasteiger partial charge in [-0.2, -0.15) is 0 Å². The van der Waals surface area contributed by atoms with E-state index in [4.69, 9.17) is 10.5 Å². The van der Waals surface area contributed by atoms with E-state index in [1.54, 1.807) is 6.92 Å². The molecule has 0 unspecified atom stereocenters. The van der Waals surface area contributed by atoms with Crippen LogP contribution in [0.5, 0.6) is 0 Å². The van der Waals surface area contributed by atoms with E-state index in [0.29, 0.717) is 6.61 Å². The van der Waals surface area contributed by atoms with E-state index in [0.717, 1.165) is 22.0 Å². The van der Waals surface area contributed by atoms with Gasteiger partial charge in [0, 0.05) is 25.2 Å². The van der Waals surface area contributed by atoms with Gasteiger partial charge in [0.15, 0.2) is 0 Å². The van der Waals surface area contributed by atoms with Gasteiger partial charge in [0.25, 0.3) is 0 Å². The van der Waals surface area contributed by atoms with Gasteiger partial charge in [-0.25, -0.2) is 4.79 Å². The average Bonchev–Trinajstić information content (AvgIpc) is 2.45. The van der Waals surface area contributed by atoms with Gasteiger partial charge in [-0.15, -0.1) is 0 Å². The average molecular weight is 272 g/mol. The van der Waals surface area contributed by atoms with Crippen LogP contribution >= 0.6 is 0 Å². The Labute approximate surface area is 119 Å². The lowest BCUT2D eigenvalue weighted by molar-refractivity contribution is -0.144. The van der Waals surface area contributed by atoms with Gasteiger partial charge in [-0.3, -0.25) is 0 Å². The minimum atomic E-state index is -0.754. The number of fused-ring (bicyclic) bond motifs is 1. The minimum absolute atomic E-state index is 0.334. The molecule has 0 radical (unpaired) electrons. The molecule has 0 aliphatic carbocycles. The maximum absolute atomic E-state index is 11.8. The lowest BCUT2D eigenvalue weighted by Gasteiger charge is -2.19. The molecule has 2 rings (SSSR count). The number of carbonyl (C=O) groups excluding carboxylic acids is 1. The van der Waals surface area contributed by atoms with Crippen molar-refractivity contribution < 1.29 is 9.53 Å². The Kier molecular flexibility index (Phi) is 4.25. The van der Waals surface area contributed by atoms with Crippen molar-refractivity contribution in [3.8, 4) is 0 Å². The second-order valence-corrected chi connectivity index (χ2v) is 4.84. The first-order valence-electron chi connectivity index (χ1n) is 6.67. The van der Waals surface area contributed by atoms with Crippen molar-refractivity contribution in [2.24, 2.45) is 5.73 Å². The van der Waals surface area contributed by atoms with Crippen LogP contribution in [0.25, 0.3) is 10.8 Å². The van der Waals surface area contributed by atoms with Gasteiger partial charge in [-0.1, -0.05) is 30.3 Å². The van der Waals surface area contributed by atoms with Gasteiger partial charge in [0.1, 0.15) is 6.04 Å². The molecular weight excluding hydrogens is 252 g/mol. The van der Waals surface area contributed by atoms with Crippen LogP contribution in [0.1, 0.15) is 18.5 Å². The third-order valence-electron chi connectivity index (χ3n) is 3.29. The fraction of sp³-hybridized carbons (Fsp3) is 0.312. The second kappa shape index (κ2) is 5.92. The summed E-state index contributed by atoms with van der Waals surface area (Å²) in [7, 11) is 3.99. The molecule has 0 spiro atoms. The molecule has 1 atom stereocenters. The summed E-state index contributed by atoms with van der Waals surface area (Å²) in [6.07, 6.45) is 0. The Hall–Kier alpha value is -2.07. The van der Waals surface area contributed by atoms with E-state index in [-0.39, 0.29) is 0 Å². The zero-order valence-corrected chi connectivity index (χ0v) is 12.1. The quantitative estimate of drug-likeness (QED) is 0.869. The van der Waals surface area contributed by atoms with Crippen LogP contribution in [-0.2, 0) is 9.53 Å². The molecule has 0 bridgehead atoms. The number of ether oxygens (including phenoxy) is 1. The fourth-order valence-corrected chi connectivity index (χ4v) is 2.33. The molecule has 0 amide bonds. The number of hydrogen-bond acceptors (Lipinski definition) is 4. The summed E-state index contributed by atoms with van der Waals surface area (Å²) in [6.45, 7) is 2.11. The third-order valence-corrected chi connectivity index (χ3v) is 3.29. The Morgan fingerprint density at radius 3 is 2.45 bits per heavy atom. The summed E-state index contributed by atoms with van der Waals surface area (Å²) in [5, 5.41) is 2.06. The summed E-state index contributed by atoms with van der Waals surface area (Å²) >= 11 is 0. The van der Waals surface area contributed by atoms with Gasteiger partial charge >= 0.3 is 5.97 Å². The van der Waals surface area contributed by atoms with Crippen molar-refractivity contribution in [1.82, 2.24) is 0 Å². The topological polar surface area (TPSA) is 55.6 Å². The second-order valence-electron chi connectivity index (χ2n) is 4.84. The first-order chi connectivity index (χ1) is 9.56.